The van der Waals surface area contributed by atoms with Crippen molar-refractivity contribution in [3.8, 4) is 5.75 Å². The summed E-state index contributed by atoms with van der Waals surface area (Å²) in [6.07, 6.45) is 0.417. The van der Waals surface area contributed by atoms with Gasteiger partial charge in [-0.2, -0.15) is 0 Å². The van der Waals surface area contributed by atoms with Crippen LogP contribution in [0, 0.1) is 0 Å². The minimum absolute atomic E-state index is 0.0812. The summed E-state index contributed by atoms with van der Waals surface area (Å²) in [5.74, 6) is 0.667. The van der Waals surface area contributed by atoms with Gasteiger partial charge in [0.05, 0.1) is 12.7 Å². The van der Waals surface area contributed by atoms with Gasteiger partial charge in [-0.05, 0) is 36.1 Å². The van der Waals surface area contributed by atoms with Gasteiger partial charge in [-0.1, -0.05) is 6.07 Å². The molecule has 2 rings (SSSR count). The van der Waals surface area contributed by atoms with Gasteiger partial charge in [-0.3, -0.25) is 0 Å². The first kappa shape index (κ1) is 11.4. The highest BCUT2D eigenvalue weighted by atomic mass is 16.5. The maximum atomic E-state index is 9.61. The molecule has 0 aliphatic heterocycles. The fourth-order valence-electron chi connectivity index (χ4n) is 1.91. The molecule has 1 aromatic carbocycles. The normalized spacial score (nSPS) is 20.6. The smallest absolute Gasteiger partial charge is 0.119 e. The van der Waals surface area contributed by atoms with Crippen molar-refractivity contribution in [2.45, 2.75) is 25.0 Å². The summed E-state index contributed by atoms with van der Waals surface area (Å²) in [5, 5.41) is 27.4. The van der Waals surface area contributed by atoms with Crippen molar-refractivity contribution in [2.24, 2.45) is 0 Å². The Morgan fingerprint density at radius 2 is 2.25 bits per heavy atom. The first-order valence-electron chi connectivity index (χ1n) is 5.43. The van der Waals surface area contributed by atoms with Crippen LogP contribution in [0.25, 0.3) is 0 Å². The molecule has 88 valence electrons. The molecule has 0 fully saturated rings. The number of fused-ring (bicyclic) bond motifs is 1. The third-order valence-electron chi connectivity index (χ3n) is 2.81. The molecule has 0 radical (unpaired) electrons. The standard InChI is InChI=1S/C12H16O4/c13-6-9(14)7-16-10-2-3-11-8(5-10)1-4-12(11)15/h2-3,5,9,12-15H,1,4,6-7H2/t9?,12-/m1/s1. The van der Waals surface area contributed by atoms with Crippen LogP contribution in [-0.4, -0.2) is 34.6 Å². The van der Waals surface area contributed by atoms with E-state index in [9.17, 15) is 5.11 Å². The molecule has 1 aliphatic rings. The molecule has 0 heterocycles. The molecule has 16 heavy (non-hydrogen) atoms. The molecule has 0 bridgehead atoms. The van der Waals surface area contributed by atoms with Crippen molar-refractivity contribution in [3.63, 3.8) is 0 Å². The van der Waals surface area contributed by atoms with Gasteiger partial charge in [0, 0.05) is 0 Å². The maximum absolute atomic E-state index is 9.61. The molecular weight excluding hydrogens is 208 g/mol. The number of aryl methyl sites for hydroxylation is 1. The highest BCUT2D eigenvalue weighted by Gasteiger charge is 2.20. The van der Waals surface area contributed by atoms with E-state index < -0.39 is 6.10 Å². The van der Waals surface area contributed by atoms with Crippen LogP contribution in [0.5, 0.6) is 5.75 Å². The van der Waals surface area contributed by atoms with Crippen LogP contribution in [0.2, 0.25) is 0 Å². The van der Waals surface area contributed by atoms with Crippen LogP contribution in [0.4, 0.5) is 0 Å². The second kappa shape index (κ2) is 4.82. The average molecular weight is 224 g/mol. The van der Waals surface area contributed by atoms with Crippen LogP contribution in [-0.2, 0) is 6.42 Å². The first-order valence-corrected chi connectivity index (χ1v) is 5.43. The van der Waals surface area contributed by atoms with E-state index in [0.717, 1.165) is 24.0 Å². The Kier molecular flexibility index (Phi) is 3.43. The lowest BCUT2D eigenvalue weighted by Crippen LogP contribution is -2.21. The molecule has 4 heteroatoms. The zero-order chi connectivity index (χ0) is 11.5. The Hall–Kier alpha value is -1.10. The SMILES string of the molecule is OCC(O)COc1ccc2c(c1)CC[C@H]2O. The lowest BCUT2D eigenvalue weighted by Gasteiger charge is -2.11. The van der Waals surface area contributed by atoms with Gasteiger partial charge in [-0.15, -0.1) is 0 Å². The number of aliphatic hydroxyl groups excluding tert-OH is 3. The minimum atomic E-state index is -0.848. The average Bonchev–Trinajstić information content (AvgIpc) is 2.67. The zero-order valence-electron chi connectivity index (χ0n) is 8.97. The fourth-order valence-corrected chi connectivity index (χ4v) is 1.91. The molecular formula is C12H16O4. The van der Waals surface area contributed by atoms with E-state index in [1.807, 2.05) is 12.1 Å². The van der Waals surface area contributed by atoms with Crippen molar-refractivity contribution in [3.05, 3.63) is 29.3 Å². The van der Waals surface area contributed by atoms with Gasteiger partial charge in [0.25, 0.3) is 0 Å². The Balaban J connectivity index is 2.02. The van der Waals surface area contributed by atoms with Crippen molar-refractivity contribution in [1.29, 1.82) is 0 Å². The van der Waals surface area contributed by atoms with Gasteiger partial charge in [0.2, 0.25) is 0 Å². The monoisotopic (exact) mass is 224 g/mol. The van der Waals surface area contributed by atoms with Gasteiger partial charge >= 0.3 is 0 Å². The van der Waals surface area contributed by atoms with Crippen molar-refractivity contribution >= 4 is 0 Å². The number of ether oxygens (including phenoxy) is 1. The van der Waals surface area contributed by atoms with Gasteiger partial charge < -0.3 is 20.1 Å². The predicted octanol–water partition coefficient (Wildman–Crippen LogP) is 0.398. The van der Waals surface area contributed by atoms with E-state index in [-0.39, 0.29) is 19.3 Å². The largest absolute Gasteiger partial charge is 0.491 e. The van der Waals surface area contributed by atoms with Crippen LogP contribution >= 0.6 is 0 Å². The van der Waals surface area contributed by atoms with Crippen molar-refractivity contribution in [1.82, 2.24) is 0 Å². The molecule has 4 nitrogen and oxygen atoms in total. The third kappa shape index (κ3) is 2.35. The summed E-state index contributed by atoms with van der Waals surface area (Å²) in [6, 6.07) is 5.51. The Morgan fingerprint density at radius 3 is 3.00 bits per heavy atom. The molecule has 3 N–H and O–H groups in total. The predicted molar refractivity (Wildman–Crippen MR) is 58.3 cm³/mol. The molecule has 1 aromatic rings. The van der Waals surface area contributed by atoms with Crippen LogP contribution in [0.15, 0.2) is 18.2 Å². The minimum Gasteiger partial charge on any atom is -0.491 e. The number of hydrogen-bond acceptors (Lipinski definition) is 4. The van der Waals surface area contributed by atoms with Gasteiger partial charge in [0.15, 0.2) is 0 Å². The van der Waals surface area contributed by atoms with E-state index in [1.54, 1.807) is 6.07 Å². The van der Waals surface area contributed by atoms with E-state index >= 15 is 0 Å². The molecule has 0 saturated heterocycles. The molecule has 0 spiro atoms. The lowest BCUT2D eigenvalue weighted by atomic mass is 10.1. The number of benzene rings is 1. The van der Waals surface area contributed by atoms with E-state index in [4.69, 9.17) is 14.9 Å². The molecule has 0 saturated carbocycles. The van der Waals surface area contributed by atoms with Crippen LogP contribution < -0.4 is 4.74 Å². The van der Waals surface area contributed by atoms with Crippen LogP contribution in [0.3, 0.4) is 0 Å². The van der Waals surface area contributed by atoms with E-state index in [0.29, 0.717) is 5.75 Å². The topological polar surface area (TPSA) is 69.9 Å². The van der Waals surface area contributed by atoms with Gasteiger partial charge in [0.1, 0.15) is 18.5 Å². The number of aliphatic hydroxyl groups is 3. The molecule has 0 amide bonds. The highest BCUT2D eigenvalue weighted by molar-refractivity contribution is 5.39. The highest BCUT2D eigenvalue weighted by Crippen LogP contribution is 2.33. The number of rotatable bonds is 4. The first-order chi connectivity index (χ1) is 7.70. The Labute approximate surface area is 94.1 Å². The molecule has 0 aromatic heterocycles. The fraction of sp³-hybridized carbons (Fsp3) is 0.500. The summed E-state index contributed by atoms with van der Waals surface area (Å²) in [7, 11) is 0. The lowest BCUT2D eigenvalue weighted by molar-refractivity contribution is 0.0536. The summed E-state index contributed by atoms with van der Waals surface area (Å²) in [5.41, 5.74) is 2.07. The van der Waals surface area contributed by atoms with E-state index in [1.165, 1.54) is 0 Å². The van der Waals surface area contributed by atoms with E-state index in [2.05, 4.69) is 0 Å². The van der Waals surface area contributed by atoms with Gasteiger partial charge in [-0.25, -0.2) is 0 Å². The second-order valence-corrected chi connectivity index (χ2v) is 4.06. The number of hydrogen-bond donors (Lipinski definition) is 3. The second-order valence-electron chi connectivity index (χ2n) is 4.06. The van der Waals surface area contributed by atoms with Crippen LogP contribution in [0.1, 0.15) is 23.7 Å². The third-order valence-corrected chi connectivity index (χ3v) is 2.81. The molecule has 2 atom stereocenters. The Morgan fingerprint density at radius 1 is 1.44 bits per heavy atom. The Bertz CT molecular complexity index is 364. The molecule has 1 unspecified atom stereocenters. The molecule has 1 aliphatic carbocycles. The summed E-state index contributed by atoms with van der Waals surface area (Å²) in [4.78, 5) is 0. The zero-order valence-corrected chi connectivity index (χ0v) is 8.97. The summed E-state index contributed by atoms with van der Waals surface area (Å²) in [6.45, 7) is -0.221. The quantitative estimate of drug-likeness (QED) is 0.692. The van der Waals surface area contributed by atoms with Crippen molar-refractivity contribution in [2.75, 3.05) is 13.2 Å². The maximum Gasteiger partial charge on any atom is 0.119 e. The summed E-state index contributed by atoms with van der Waals surface area (Å²) >= 11 is 0. The summed E-state index contributed by atoms with van der Waals surface area (Å²) < 4.78 is 5.33. The van der Waals surface area contributed by atoms with Crippen molar-refractivity contribution < 1.29 is 20.1 Å².